The Morgan fingerprint density at radius 1 is 0.976 bits per heavy atom. The second kappa shape index (κ2) is 11.0. The molecule has 1 aliphatic carbocycles. The number of ether oxygens (including phenoxy) is 2. The van der Waals surface area contributed by atoms with E-state index in [-0.39, 0.29) is 45.9 Å². The number of para-hydroxylation sites is 1. The minimum atomic E-state index is -0.535. The molecule has 1 fully saturated rings. The minimum absolute atomic E-state index is 0.0617. The van der Waals surface area contributed by atoms with Gasteiger partial charge < -0.3 is 9.47 Å². The summed E-state index contributed by atoms with van der Waals surface area (Å²) in [6, 6.07) is 17.2. The molecule has 7 heteroatoms. The van der Waals surface area contributed by atoms with Gasteiger partial charge in [-0.15, -0.1) is 0 Å². The Bertz CT molecular complexity index is 1600. The summed E-state index contributed by atoms with van der Waals surface area (Å²) in [6.45, 7) is 25.8. The second-order valence-electron chi connectivity index (χ2n) is 14.0. The summed E-state index contributed by atoms with van der Waals surface area (Å²) >= 11 is 0. The molecule has 0 spiro atoms. The van der Waals surface area contributed by atoms with Crippen LogP contribution >= 0.6 is 0 Å². The fourth-order valence-corrected chi connectivity index (χ4v) is 6.47. The number of hydrogen-bond acceptors (Lipinski definition) is 4. The fourth-order valence-electron chi connectivity index (χ4n) is 6.47. The molecule has 42 heavy (non-hydrogen) atoms. The summed E-state index contributed by atoms with van der Waals surface area (Å²) in [5, 5.41) is 3.30. The highest BCUT2D eigenvalue weighted by Gasteiger charge is 2.48. The van der Waals surface area contributed by atoms with Gasteiger partial charge in [-0.1, -0.05) is 90.9 Å². The van der Waals surface area contributed by atoms with Gasteiger partial charge in [-0.2, -0.15) is 0 Å². The number of H-pyrrole nitrogens is 1. The van der Waals surface area contributed by atoms with E-state index in [1.807, 2.05) is 61.5 Å². The number of aryl methyl sites for hydroxylation is 1. The number of esters is 1. The third-order valence-electron chi connectivity index (χ3n) is 8.76. The molecule has 4 aromatic rings. The van der Waals surface area contributed by atoms with Crippen molar-refractivity contribution < 1.29 is 14.3 Å². The smallest absolute Gasteiger partial charge is 0.331 e. The molecule has 5 rings (SSSR count). The third-order valence-corrected chi connectivity index (χ3v) is 8.76. The van der Waals surface area contributed by atoms with Crippen LogP contribution in [0.15, 0.2) is 54.6 Å². The Morgan fingerprint density at radius 2 is 1.57 bits per heavy atom. The van der Waals surface area contributed by atoms with Crippen LogP contribution in [0.1, 0.15) is 77.2 Å². The van der Waals surface area contributed by atoms with E-state index in [0.29, 0.717) is 23.1 Å². The maximum atomic E-state index is 14.3. The normalized spacial score (nSPS) is 21.2. The number of hydrogen-bond donors (Lipinski definition) is 1. The van der Waals surface area contributed by atoms with Crippen LogP contribution in [0.4, 0.5) is 5.69 Å². The molecule has 0 bridgehead atoms. The molecule has 0 aliphatic heterocycles. The van der Waals surface area contributed by atoms with Gasteiger partial charge in [-0.25, -0.2) is 19.1 Å². The zero-order valence-corrected chi connectivity index (χ0v) is 26.0. The monoisotopic (exact) mass is 566 g/mol. The van der Waals surface area contributed by atoms with Crippen molar-refractivity contribution in [3.63, 3.8) is 0 Å². The van der Waals surface area contributed by atoms with Gasteiger partial charge >= 0.3 is 5.97 Å². The molecule has 2 unspecified atom stereocenters. The Hall–Kier alpha value is -4.05. The number of aromatic amines is 1. The van der Waals surface area contributed by atoms with Gasteiger partial charge in [0.1, 0.15) is 17.4 Å². The number of rotatable bonds is 5. The molecule has 2 aromatic heterocycles. The van der Waals surface area contributed by atoms with E-state index < -0.39 is 5.97 Å². The summed E-state index contributed by atoms with van der Waals surface area (Å²) in [6.07, 6.45) is 1.67. The summed E-state index contributed by atoms with van der Waals surface area (Å²) in [7, 11) is 0. The first-order valence-electron chi connectivity index (χ1n) is 14.8. The van der Waals surface area contributed by atoms with E-state index >= 15 is 0 Å². The van der Waals surface area contributed by atoms with E-state index in [1.54, 1.807) is 4.52 Å². The molecule has 2 atom stereocenters. The molecule has 220 valence electrons. The van der Waals surface area contributed by atoms with E-state index in [4.69, 9.17) is 21.0 Å². The number of carbonyl (C=O) groups is 1. The van der Waals surface area contributed by atoms with Crippen LogP contribution in [0.2, 0.25) is 0 Å². The number of aromatic nitrogens is 3. The van der Waals surface area contributed by atoms with Crippen molar-refractivity contribution in [2.75, 3.05) is 0 Å². The molecule has 0 radical (unpaired) electrons. The predicted molar refractivity (Wildman–Crippen MR) is 166 cm³/mol. The summed E-state index contributed by atoms with van der Waals surface area (Å²) < 4.78 is 14.4. The van der Waals surface area contributed by atoms with Gasteiger partial charge in [0.05, 0.1) is 6.57 Å². The van der Waals surface area contributed by atoms with E-state index in [2.05, 4.69) is 58.4 Å². The molecule has 1 aliphatic rings. The van der Waals surface area contributed by atoms with Crippen molar-refractivity contribution in [1.29, 1.82) is 0 Å². The topological polar surface area (TPSA) is 73.0 Å². The van der Waals surface area contributed by atoms with Gasteiger partial charge in [0.25, 0.3) is 5.69 Å². The average molecular weight is 567 g/mol. The molecule has 0 amide bonds. The SMILES string of the molecule is [C-]#[N+]c1c(C(=O)OC2C(C(C)(C)C)CC(C)CC2C(C)(C)C)c2nc(-c3ccccc3C)[nH]n2c1Oc1ccccc1. The van der Waals surface area contributed by atoms with Crippen LogP contribution in [0.25, 0.3) is 21.9 Å². The molecular weight excluding hydrogens is 524 g/mol. The molecule has 7 nitrogen and oxygen atoms in total. The summed E-state index contributed by atoms with van der Waals surface area (Å²) in [4.78, 5) is 23.0. The van der Waals surface area contributed by atoms with Crippen molar-refractivity contribution >= 4 is 17.3 Å². The lowest BCUT2D eigenvalue weighted by atomic mass is 9.59. The maximum Gasteiger partial charge on any atom is 0.331 e. The lowest BCUT2D eigenvalue weighted by Crippen LogP contribution is -2.49. The lowest BCUT2D eigenvalue weighted by Gasteiger charge is -2.50. The van der Waals surface area contributed by atoms with Gasteiger partial charge in [0.2, 0.25) is 5.88 Å². The van der Waals surface area contributed by atoms with Gasteiger partial charge in [0.15, 0.2) is 11.5 Å². The van der Waals surface area contributed by atoms with Crippen LogP contribution < -0.4 is 4.74 Å². The first-order valence-corrected chi connectivity index (χ1v) is 14.8. The van der Waals surface area contributed by atoms with Crippen molar-refractivity contribution in [2.24, 2.45) is 28.6 Å². The van der Waals surface area contributed by atoms with Crippen molar-refractivity contribution in [2.45, 2.75) is 74.3 Å². The summed E-state index contributed by atoms with van der Waals surface area (Å²) in [5.74, 6) is 1.68. The van der Waals surface area contributed by atoms with Crippen LogP contribution in [0, 0.1) is 42.1 Å². The lowest BCUT2D eigenvalue weighted by molar-refractivity contribution is -0.0922. The van der Waals surface area contributed by atoms with E-state index in [1.165, 1.54) is 0 Å². The number of nitrogens with zero attached hydrogens (tertiary/aromatic N) is 3. The third kappa shape index (κ3) is 5.55. The molecule has 0 saturated heterocycles. The quantitative estimate of drug-likeness (QED) is 0.193. The zero-order valence-electron chi connectivity index (χ0n) is 26.0. The van der Waals surface area contributed by atoms with Crippen molar-refractivity contribution in [1.82, 2.24) is 14.6 Å². The Morgan fingerprint density at radius 3 is 2.14 bits per heavy atom. The fraction of sp³-hybridized carbons (Fsp3) is 0.457. The van der Waals surface area contributed by atoms with Crippen LogP contribution in [-0.4, -0.2) is 26.7 Å². The van der Waals surface area contributed by atoms with Crippen molar-refractivity contribution in [3.05, 3.63) is 77.1 Å². The summed E-state index contributed by atoms with van der Waals surface area (Å²) in [5.41, 5.74) is 2.35. The minimum Gasteiger partial charge on any atom is -0.459 e. The highest BCUT2D eigenvalue weighted by molar-refractivity contribution is 6.05. The number of benzene rings is 2. The van der Waals surface area contributed by atoms with Gasteiger partial charge in [-0.3, -0.25) is 5.10 Å². The van der Waals surface area contributed by atoms with Crippen LogP contribution in [0.5, 0.6) is 11.6 Å². The van der Waals surface area contributed by atoms with Gasteiger partial charge in [0, 0.05) is 17.4 Å². The molecular formula is C35H42N4O3. The largest absolute Gasteiger partial charge is 0.459 e. The second-order valence-corrected chi connectivity index (χ2v) is 14.0. The van der Waals surface area contributed by atoms with E-state index in [0.717, 1.165) is 24.0 Å². The van der Waals surface area contributed by atoms with Crippen LogP contribution in [-0.2, 0) is 4.74 Å². The Labute approximate surface area is 249 Å². The first kappa shape index (κ1) is 29.4. The molecule has 1 saturated carbocycles. The Balaban J connectivity index is 1.65. The highest BCUT2D eigenvalue weighted by atomic mass is 16.5. The Kier molecular flexibility index (Phi) is 7.70. The zero-order chi connectivity index (χ0) is 30.4. The first-order chi connectivity index (χ1) is 19.8. The van der Waals surface area contributed by atoms with Crippen molar-refractivity contribution in [3.8, 4) is 23.0 Å². The van der Waals surface area contributed by atoms with Gasteiger partial charge in [-0.05, 0) is 54.2 Å². The standard InChI is InChI=1S/C35H42N4O3/c1-21-19-25(34(3,4)5)29(26(20-21)35(6,7)8)42-33(40)27-28(36-9)32(41-23-16-11-10-12-17-23)39-31(27)37-30(38-39)24-18-14-13-15-22(24)2/h10-18,21,25-26,29H,19-20H2,1-8H3,(H,37,38). The molecule has 2 aromatic carbocycles. The number of nitrogens with one attached hydrogen (secondary N) is 1. The highest BCUT2D eigenvalue weighted by Crippen LogP contribution is 2.50. The predicted octanol–water partition coefficient (Wildman–Crippen LogP) is 9.26. The van der Waals surface area contributed by atoms with Crippen LogP contribution in [0.3, 0.4) is 0 Å². The average Bonchev–Trinajstić information content (AvgIpc) is 3.46. The molecule has 1 N–H and O–H groups in total. The number of carbonyl (C=O) groups excluding carboxylic acids is 1. The molecule has 2 heterocycles. The number of fused-ring (bicyclic) bond motifs is 1. The maximum absolute atomic E-state index is 14.3. The van der Waals surface area contributed by atoms with E-state index in [9.17, 15) is 4.79 Å².